The third kappa shape index (κ3) is 2.78. The molecule has 0 saturated heterocycles. The lowest BCUT2D eigenvalue weighted by Gasteiger charge is -2.09. The molecule has 3 N–H and O–H groups in total. The average molecular weight is 262 g/mol. The molecule has 0 saturated carbocycles. The number of aliphatic carboxylic acids is 1. The number of carbonyl (C=O) groups excluding carboxylic acids is 1. The van der Waals surface area contributed by atoms with Crippen LogP contribution in [0.1, 0.15) is 18.0 Å². The molecule has 0 aliphatic rings. The summed E-state index contributed by atoms with van der Waals surface area (Å²) in [5.41, 5.74) is 4.32. The van der Waals surface area contributed by atoms with Crippen LogP contribution in [-0.2, 0) is 4.79 Å². The summed E-state index contributed by atoms with van der Waals surface area (Å²) in [7, 11) is 0. The van der Waals surface area contributed by atoms with Crippen LogP contribution < -0.4 is 10.8 Å². The second kappa shape index (κ2) is 4.52. The van der Waals surface area contributed by atoms with Gasteiger partial charge >= 0.3 is 0 Å². The highest BCUT2D eigenvalue weighted by Crippen LogP contribution is 2.20. The molecule has 0 fully saturated rings. The van der Waals surface area contributed by atoms with Gasteiger partial charge in [0.2, 0.25) is 0 Å². The summed E-state index contributed by atoms with van der Waals surface area (Å²) in [6.45, 7) is 0. The Morgan fingerprint density at radius 1 is 1.64 bits per heavy atom. The average Bonchev–Trinajstić information content (AvgIpc) is 2.08. The quantitative estimate of drug-likeness (QED) is 0.833. The van der Waals surface area contributed by atoms with Crippen LogP contribution in [-0.4, -0.2) is 5.97 Å². The van der Waals surface area contributed by atoms with Gasteiger partial charge in [0.1, 0.15) is 11.9 Å². The van der Waals surface area contributed by atoms with Crippen molar-refractivity contribution in [2.75, 3.05) is 0 Å². The van der Waals surface area contributed by atoms with E-state index < -0.39 is 12.0 Å². The van der Waals surface area contributed by atoms with Gasteiger partial charge in [0.05, 0.1) is 4.47 Å². The number of rotatable bonds is 3. The van der Waals surface area contributed by atoms with Crippen molar-refractivity contribution in [1.29, 1.82) is 0 Å². The van der Waals surface area contributed by atoms with Crippen molar-refractivity contribution in [2.24, 2.45) is 0 Å². The molecular formula is C9H9BrFNO2. The fourth-order valence-electron chi connectivity index (χ4n) is 1.09. The molecule has 0 spiro atoms. The van der Waals surface area contributed by atoms with Crippen LogP contribution in [0, 0.1) is 5.82 Å². The predicted octanol–water partition coefficient (Wildman–Crippen LogP) is 0.0112. The monoisotopic (exact) mass is 261 g/mol. The number of carboxylic acid groups (broad SMARTS) is 1. The molecule has 0 bridgehead atoms. The number of hydrogen-bond donors (Lipinski definition) is 1. The van der Waals surface area contributed by atoms with E-state index in [0.717, 1.165) is 0 Å². The topological polar surface area (TPSA) is 67.8 Å². The molecule has 0 aliphatic heterocycles. The standard InChI is InChI=1S/C9H9BrFNO2/c10-6-3-5(1-2-7(6)11)8(12)4-9(13)14/h1-3,8H,4,12H2,(H,13,14)/t8-/m1/s1. The number of carbonyl (C=O) groups is 1. The number of hydrogen-bond acceptors (Lipinski definition) is 2. The van der Waals surface area contributed by atoms with Gasteiger partial charge < -0.3 is 15.6 Å². The van der Waals surface area contributed by atoms with E-state index in [1.54, 1.807) is 0 Å². The second-order valence-electron chi connectivity index (χ2n) is 2.95. The Balaban J connectivity index is 2.85. The summed E-state index contributed by atoms with van der Waals surface area (Å²) in [6, 6.07) is 3.89. The van der Waals surface area contributed by atoms with Gasteiger partial charge in [-0.05, 0) is 28.1 Å². The lowest BCUT2D eigenvalue weighted by atomic mass is 10.1. The zero-order valence-corrected chi connectivity index (χ0v) is 8.88. The molecule has 1 rings (SSSR count). The normalized spacial score (nSPS) is 12.5. The van der Waals surface area contributed by atoms with Crippen LogP contribution in [0.4, 0.5) is 4.39 Å². The Bertz CT molecular complexity index is 357. The molecular weight excluding hydrogens is 253 g/mol. The third-order valence-corrected chi connectivity index (χ3v) is 2.44. The van der Waals surface area contributed by atoms with Gasteiger partial charge in [-0.3, -0.25) is 0 Å². The molecule has 14 heavy (non-hydrogen) atoms. The van der Waals surface area contributed by atoms with Crippen molar-refractivity contribution in [2.45, 2.75) is 12.5 Å². The van der Waals surface area contributed by atoms with Gasteiger partial charge in [0, 0.05) is 18.0 Å². The molecule has 0 radical (unpaired) electrons. The maximum Gasteiger partial charge on any atom is 0.137 e. The Labute approximate surface area is 88.9 Å². The minimum Gasteiger partial charge on any atom is -0.550 e. The van der Waals surface area contributed by atoms with Crippen LogP contribution in [0.3, 0.4) is 0 Å². The number of quaternary nitrogens is 1. The van der Waals surface area contributed by atoms with E-state index in [4.69, 9.17) is 0 Å². The molecule has 5 heteroatoms. The number of halogens is 2. The largest absolute Gasteiger partial charge is 0.550 e. The molecule has 1 aromatic carbocycles. The summed E-state index contributed by atoms with van der Waals surface area (Å²) in [5.74, 6) is -1.54. The maximum atomic E-state index is 12.8. The van der Waals surface area contributed by atoms with Crippen molar-refractivity contribution >= 4 is 21.9 Å². The highest BCUT2D eigenvalue weighted by molar-refractivity contribution is 9.10. The molecule has 1 aromatic rings. The van der Waals surface area contributed by atoms with Crippen LogP contribution >= 0.6 is 15.9 Å². The first-order valence-corrected chi connectivity index (χ1v) is 4.78. The van der Waals surface area contributed by atoms with E-state index in [1.807, 2.05) is 0 Å². The summed E-state index contributed by atoms with van der Waals surface area (Å²) in [4.78, 5) is 10.3. The van der Waals surface area contributed by atoms with E-state index in [0.29, 0.717) is 10.0 Å². The lowest BCUT2D eigenvalue weighted by Crippen LogP contribution is -2.55. The van der Waals surface area contributed by atoms with Crippen molar-refractivity contribution in [3.8, 4) is 0 Å². The van der Waals surface area contributed by atoms with E-state index in [-0.39, 0.29) is 12.2 Å². The Hall–Kier alpha value is -0.940. The smallest absolute Gasteiger partial charge is 0.137 e. The number of carboxylic acids is 1. The van der Waals surface area contributed by atoms with E-state index >= 15 is 0 Å². The van der Waals surface area contributed by atoms with Crippen LogP contribution in [0.5, 0.6) is 0 Å². The fourth-order valence-corrected chi connectivity index (χ4v) is 1.48. The summed E-state index contributed by atoms with van der Waals surface area (Å²) < 4.78 is 13.1. The highest BCUT2D eigenvalue weighted by Gasteiger charge is 2.11. The van der Waals surface area contributed by atoms with E-state index in [1.165, 1.54) is 18.2 Å². The van der Waals surface area contributed by atoms with E-state index in [2.05, 4.69) is 21.7 Å². The van der Waals surface area contributed by atoms with Crippen LogP contribution in [0.15, 0.2) is 22.7 Å². The Morgan fingerprint density at radius 2 is 2.29 bits per heavy atom. The molecule has 0 aromatic heterocycles. The minimum absolute atomic E-state index is 0.169. The van der Waals surface area contributed by atoms with Crippen molar-refractivity contribution in [3.63, 3.8) is 0 Å². The first-order chi connectivity index (χ1) is 6.50. The molecule has 1 atom stereocenters. The van der Waals surface area contributed by atoms with Gasteiger partial charge in [-0.25, -0.2) is 4.39 Å². The van der Waals surface area contributed by atoms with Crippen molar-refractivity contribution < 1.29 is 20.0 Å². The Morgan fingerprint density at radius 3 is 2.79 bits per heavy atom. The van der Waals surface area contributed by atoms with Crippen LogP contribution in [0.2, 0.25) is 0 Å². The molecule has 3 nitrogen and oxygen atoms in total. The van der Waals surface area contributed by atoms with Gasteiger partial charge in [-0.15, -0.1) is 0 Å². The molecule has 0 unspecified atom stereocenters. The fraction of sp³-hybridized carbons (Fsp3) is 0.222. The first-order valence-electron chi connectivity index (χ1n) is 3.98. The second-order valence-corrected chi connectivity index (χ2v) is 3.80. The first kappa shape index (κ1) is 11.1. The van der Waals surface area contributed by atoms with Gasteiger partial charge in [-0.2, -0.15) is 0 Å². The number of benzene rings is 1. The SMILES string of the molecule is [NH3+][C@H](CC(=O)[O-])c1ccc(F)c(Br)c1. The van der Waals surface area contributed by atoms with Gasteiger partial charge in [0.15, 0.2) is 0 Å². The zero-order valence-electron chi connectivity index (χ0n) is 7.30. The summed E-state index contributed by atoms with van der Waals surface area (Å²) >= 11 is 3.01. The molecule has 0 heterocycles. The van der Waals surface area contributed by atoms with Gasteiger partial charge in [-0.1, -0.05) is 6.07 Å². The lowest BCUT2D eigenvalue weighted by molar-refractivity contribution is -0.430. The minimum atomic E-state index is -1.16. The van der Waals surface area contributed by atoms with E-state index in [9.17, 15) is 14.3 Å². The zero-order chi connectivity index (χ0) is 10.7. The van der Waals surface area contributed by atoms with Crippen molar-refractivity contribution in [1.82, 2.24) is 0 Å². The predicted molar refractivity (Wildman–Crippen MR) is 49.4 cm³/mol. The Kier molecular flexibility index (Phi) is 3.60. The van der Waals surface area contributed by atoms with Crippen LogP contribution in [0.25, 0.3) is 0 Å². The molecule has 0 amide bonds. The van der Waals surface area contributed by atoms with Crippen molar-refractivity contribution in [3.05, 3.63) is 34.1 Å². The molecule has 0 aliphatic carbocycles. The highest BCUT2D eigenvalue weighted by atomic mass is 79.9. The summed E-state index contributed by atoms with van der Waals surface area (Å²) in [6.07, 6.45) is -0.169. The van der Waals surface area contributed by atoms with Gasteiger partial charge in [0.25, 0.3) is 0 Å². The molecule has 76 valence electrons. The maximum absolute atomic E-state index is 12.8. The summed E-state index contributed by atoms with van der Waals surface area (Å²) in [5, 5.41) is 10.3. The third-order valence-electron chi connectivity index (χ3n) is 1.83.